The molecule has 1 heterocycles. The van der Waals surface area contributed by atoms with Crippen molar-refractivity contribution in [3.8, 4) is 17.1 Å². The van der Waals surface area contributed by atoms with Crippen LogP contribution < -0.4 is 11.1 Å². The Balaban J connectivity index is 1.44. The van der Waals surface area contributed by atoms with Crippen LogP contribution in [0.25, 0.3) is 17.1 Å². The number of aliphatic hydroxyl groups excluding tert-OH is 2. The Morgan fingerprint density at radius 3 is 2.57 bits per heavy atom. The molecule has 1 amide bonds. The summed E-state index contributed by atoms with van der Waals surface area (Å²) in [4.78, 5) is 37.9. The number of hydrogen-bond donors (Lipinski definition) is 6. The molecule has 4 aliphatic rings. The van der Waals surface area contributed by atoms with E-state index in [4.69, 9.17) is 10.2 Å². The number of carbonyl (C=O) groups excluding carboxylic acids is 3. The number of carbonyl (C=O) groups is 3. The number of ketones is 2. The van der Waals surface area contributed by atoms with Gasteiger partial charge in [-0.05, 0) is 61.4 Å². The van der Waals surface area contributed by atoms with Crippen molar-refractivity contribution in [1.29, 1.82) is 0 Å². The number of benzene rings is 1. The SMILES string of the molecule is NC(=O)C1=C(O)[C@@]2(O)C(=O)C3=C(O)c4c(O)ccc(-c5ccc(CNC6CC6)o5)c4C[C@H]3C[C@H]2CC1=O. The summed E-state index contributed by atoms with van der Waals surface area (Å²) in [7, 11) is 0. The smallest absolute Gasteiger partial charge is 0.255 e. The molecule has 2 saturated carbocycles. The van der Waals surface area contributed by atoms with Crippen LogP contribution >= 0.6 is 0 Å². The molecule has 10 heteroatoms. The Labute approximate surface area is 211 Å². The molecule has 2 fully saturated rings. The maximum absolute atomic E-state index is 13.6. The van der Waals surface area contributed by atoms with Gasteiger partial charge in [-0.2, -0.15) is 0 Å². The summed E-state index contributed by atoms with van der Waals surface area (Å²) in [6.07, 6.45) is 2.23. The minimum atomic E-state index is -2.58. The summed E-state index contributed by atoms with van der Waals surface area (Å²) in [5, 5.41) is 47.3. The van der Waals surface area contributed by atoms with Gasteiger partial charge in [-0.1, -0.05) is 0 Å². The highest BCUT2D eigenvalue weighted by atomic mass is 16.4. The molecule has 0 bridgehead atoms. The molecule has 0 aliphatic heterocycles. The molecule has 7 N–H and O–H groups in total. The number of amides is 1. The summed E-state index contributed by atoms with van der Waals surface area (Å²) in [6, 6.07) is 7.26. The van der Waals surface area contributed by atoms with E-state index in [2.05, 4.69) is 5.32 Å². The standard InChI is InChI=1S/C27H26N2O8/c28-26(35)22-18(31)9-12-7-11-8-16-15(19-6-3-14(37-19)10-29-13-1-2-13)4-5-17(30)21(16)23(32)20(11)24(33)27(12,36)25(22)34/h3-6,11-13,29-30,32,34,36H,1-2,7-10H2,(H2,28,35)/t11-,12+,27+/m1/s1. The highest BCUT2D eigenvalue weighted by molar-refractivity contribution is 6.22. The van der Waals surface area contributed by atoms with Gasteiger partial charge in [0.15, 0.2) is 11.4 Å². The van der Waals surface area contributed by atoms with Gasteiger partial charge in [-0.3, -0.25) is 14.4 Å². The third kappa shape index (κ3) is 3.43. The Hall–Kier alpha value is -3.89. The summed E-state index contributed by atoms with van der Waals surface area (Å²) >= 11 is 0. The largest absolute Gasteiger partial charge is 0.508 e. The van der Waals surface area contributed by atoms with Gasteiger partial charge in [-0.15, -0.1) is 0 Å². The minimum Gasteiger partial charge on any atom is -0.508 e. The predicted molar refractivity (Wildman–Crippen MR) is 129 cm³/mol. The molecule has 1 aromatic heterocycles. The van der Waals surface area contributed by atoms with Crippen LogP contribution in [-0.4, -0.2) is 49.5 Å². The minimum absolute atomic E-state index is 0.0404. The maximum atomic E-state index is 13.6. The van der Waals surface area contributed by atoms with Crippen molar-refractivity contribution in [2.45, 2.75) is 50.3 Å². The van der Waals surface area contributed by atoms with Gasteiger partial charge in [-0.25, -0.2) is 0 Å². The molecular weight excluding hydrogens is 480 g/mol. The fourth-order valence-electron chi connectivity index (χ4n) is 6.00. The second-order valence-electron chi connectivity index (χ2n) is 10.3. The third-order valence-electron chi connectivity index (χ3n) is 8.02. The van der Waals surface area contributed by atoms with Gasteiger partial charge < -0.3 is 35.9 Å². The van der Waals surface area contributed by atoms with Gasteiger partial charge in [0.25, 0.3) is 5.91 Å². The van der Waals surface area contributed by atoms with E-state index >= 15 is 0 Å². The number of fused-ring (bicyclic) bond motifs is 3. The number of nitrogens with one attached hydrogen (secondary N) is 1. The number of phenols is 1. The molecule has 6 rings (SSSR count). The van der Waals surface area contributed by atoms with Crippen molar-refractivity contribution < 1.29 is 39.2 Å². The second kappa shape index (κ2) is 8.06. The number of phenolic OH excluding ortho intramolecular Hbond substituents is 1. The fraction of sp³-hybridized carbons (Fsp3) is 0.370. The predicted octanol–water partition coefficient (Wildman–Crippen LogP) is 1.94. The van der Waals surface area contributed by atoms with Crippen LogP contribution in [0, 0.1) is 11.8 Å². The molecule has 1 aromatic carbocycles. The first-order valence-electron chi connectivity index (χ1n) is 12.3. The fourth-order valence-corrected chi connectivity index (χ4v) is 6.00. The number of hydrogen-bond acceptors (Lipinski definition) is 9. The zero-order valence-corrected chi connectivity index (χ0v) is 19.8. The maximum Gasteiger partial charge on any atom is 0.255 e. The molecule has 0 spiro atoms. The lowest BCUT2D eigenvalue weighted by atomic mass is 9.59. The van der Waals surface area contributed by atoms with E-state index in [0.29, 0.717) is 29.5 Å². The summed E-state index contributed by atoms with van der Waals surface area (Å²) in [5.41, 5.74) is 2.92. The zero-order chi connectivity index (χ0) is 26.2. The summed E-state index contributed by atoms with van der Waals surface area (Å²) in [6.45, 7) is 0.579. The molecule has 0 saturated heterocycles. The van der Waals surface area contributed by atoms with Crippen LogP contribution in [0.3, 0.4) is 0 Å². The van der Waals surface area contributed by atoms with E-state index in [0.717, 1.165) is 18.6 Å². The van der Waals surface area contributed by atoms with Gasteiger partial charge in [0.1, 0.15) is 34.4 Å². The first-order chi connectivity index (χ1) is 17.6. The van der Waals surface area contributed by atoms with Gasteiger partial charge in [0.05, 0.1) is 12.1 Å². The summed E-state index contributed by atoms with van der Waals surface area (Å²) in [5.74, 6) is -5.21. The first-order valence-corrected chi connectivity index (χ1v) is 12.3. The van der Waals surface area contributed by atoms with Crippen molar-refractivity contribution in [1.82, 2.24) is 5.32 Å². The van der Waals surface area contributed by atoms with Crippen molar-refractivity contribution in [2.24, 2.45) is 17.6 Å². The molecule has 4 aliphatic carbocycles. The van der Waals surface area contributed by atoms with Crippen LogP contribution in [0.15, 0.2) is 45.6 Å². The van der Waals surface area contributed by atoms with E-state index < -0.39 is 52.0 Å². The first kappa shape index (κ1) is 23.5. The van der Waals surface area contributed by atoms with E-state index in [1.807, 2.05) is 12.1 Å². The van der Waals surface area contributed by atoms with E-state index in [1.54, 1.807) is 6.07 Å². The number of aromatic hydroxyl groups is 1. The lowest BCUT2D eigenvalue weighted by molar-refractivity contribution is -0.147. The highest BCUT2D eigenvalue weighted by Crippen LogP contribution is 2.53. The van der Waals surface area contributed by atoms with Crippen LogP contribution in [0.4, 0.5) is 0 Å². The monoisotopic (exact) mass is 506 g/mol. The molecular formula is C27H26N2O8. The number of aliphatic hydroxyl groups is 3. The van der Waals surface area contributed by atoms with E-state index in [9.17, 15) is 34.8 Å². The number of primary amides is 1. The van der Waals surface area contributed by atoms with E-state index in [-0.39, 0.29) is 36.1 Å². The Morgan fingerprint density at radius 2 is 1.86 bits per heavy atom. The van der Waals surface area contributed by atoms with Crippen molar-refractivity contribution in [3.05, 3.63) is 58.1 Å². The molecule has 2 aromatic rings. The molecule has 0 unspecified atom stereocenters. The summed E-state index contributed by atoms with van der Waals surface area (Å²) < 4.78 is 6.03. The van der Waals surface area contributed by atoms with Gasteiger partial charge >= 0.3 is 0 Å². The lowest BCUT2D eigenvalue weighted by Crippen LogP contribution is -2.58. The topological polar surface area (TPSA) is 183 Å². The zero-order valence-electron chi connectivity index (χ0n) is 19.8. The lowest BCUT2D eigenvalue weighted by Gasteiger charge is -2.46. The van der Waals surface area contributed by atoms with Gasteiger partial charge in [0, 0.05) is 29.5 Å². The molecule has 10 nitrogen and oxygen atoms in total. The van der Waals surface area contributed by atoms with Crippen LogP contribution in [0.5, 0.6) is 5.75 Å². The number of rotatable bonds is 5. The van der Waals surface area contributed by atoms with Crippen LogP contribution in [0.1, 0.15) is 42.6 Å². The average molecular weight is 507 g/mol. The second-order valence-corrected chi connectivity index (χ2v) is 10.3. The number of nitrogens with two attached hydrogens (primary N) is 1. The molecule has 192 valence electrons. The number of furan rings is 1. The Morgan fingerprint density at radius 1 is 1.11 bits per heavy atom. The Bertz CT molecular complexity index is 1450. The van der Waals surface area contributed by atoms with Gasteiger partial charge in [0.2, 0.25) is 5.78 Å². The average Bonchev–Trinajstić information content (AvgIpc) is 3.56. The Kier molecular flexibility index (Phi) is 5.12. The molecule has 0 radical (unpaired) electrons. The molecule has 3 atom stereocenters. The highest BCUT2D eigenvalue weighted by Gasteiger charge is 2.60. The van der Waals surface area contributed by atoms with Crippen molar-refractivity contribution in [3.63, 3.8) is 0 Å². The van der Waals surface area contributed by atoms with E-state index in [1.165, 1.54) is 6.07 Å². The quantitative estimate of drug-likeness (QED) is 0.330. The van der Waals surface area contributed by atoms with Crippen LogP contribution in [0.2, 0.25) is 0 Å². The van der Waals surface area contributed by atoms with Crippen molar-refractivity contribution >= 4 is 23.2 Å². The third-order valence-corrected chi connectivity index (χ3v) is 8.02. The normalized spacial score (nSPS) is 27.2. The molecule has 37 heavy (non-hydrogen) atoms. The number of Topliss-reactive ketones (excluding diaryl/α,β-unsaturated/α-hetero) is 2. The van der Waals surface area contributed by atoms with Crippen LogP contribution in [-0.2, 0) is 27.3 Å². The van der Waals surface area contributed by atoms with Crippen molar-refractivity contribution in [2.75, 3.05) is 0 Å².